The highest BCUT2D eigenvalue weighted by atomic mass is 32.2. The highest BCUT2D eigenvalue weighted by Gasteiger charge is 2.62. The third-order valence-corrected chi connectivity index (χ3v) is 7.51. The van der Waals surface area contributed by atoms with Gasteiger partial charge in [0.15, 0.2) is 9.84 Å². The normalized spacial score (nSPS) is 14.6. The highest BCUT2D eigenvalue weighted by molar-refractivity contribution is 7.91. The highest BCUT2D eigenvalue weighted by Crippen LogP contribution is 2.34. The first-order chi connectivity index (χ1) is 15.7. The first kappa shape index (κ1) is 22.6. The van der Waals surface area contributed by atoms with Crippen LogP contribution in [0.3, 0.4) is 0 Å². The molecule has 1 aromatic heterocycles. The molecular weight excluding hydrogens is 466 g/mol. The van der Waals surface area contributed by atoms with Gasteiger partial charge in [-0.3, -0.25) is 14.4 Å². The maximum atomic E-state index is 13.2. The molecule has 0 saturated carbocycles. The van der Waals surface area contributed by atoms with Crippen molar-refractivity contribution in [3.05, 3.63) is 87.6 Å². The molecule has 0 fully saturated rings. The Morgan fingerprint density at radius 1 is 0.939 bits per heavy atom. The van der Waals surface area contributed by atoms with Gasteiger partial charge in [-0.25, -0.2) is 13.2 Å². The van der Waals surface area contributed by atoms with Crippen molar-refractivity contribution in [2.24, 2.45) is 0 Å². The summed E-state index contributed by atoms with van der Waals surface area (Å²) < 4.78 is 30.6. The van der Waals surface area contributed by atoms with Gasteiger partial charge in [0.1, 0.15) is 10.8 Å². The fourth-order valence-electron chi connectivity index (χ4n) is 3.40. The van der Waals surface area contributed by atoms with Crippen LogP contribution < -0.4 is 5.32 Å². The maximum absolute atomic E-state index is 13.2. The minimum absolute atomic E-state index is 0.0506. The third kappa shape index (κ3) is 3.87. The standard InChI is InChI=1S/C23H17NO7S2/c1-14-8-10-15(11-9-14)33(29,30)13-24-22(28)23(31-21(27)18-7-4-12-32-18)19(25)16-5-2-3-6-17(16)20(23)26/h2-12H,13H2,1H3,(H,24,28). The molecule has 0 unspecified atom stereocenters. The van der Waals surface area contributed by atoms with Crippen molar-refractivity contribution < 1.29 is 32.3 Å². The lowest BCUT2D eigenvalue weighted by molar-refractivity contribution is -0.132. The molecule has 8 nitrogen and oxygen atoms in total. The van der Waals surface area contributed by atoms with E-state index in [1.165, 1.54) is 42.5 Å². The molecule has 0 atom stereocenters. The van der Waals surface area contributed by atoms with Crippen LogP contribution in [0.2, 0.25) is 0 Å². The summed E-state index contributed by atoms with van der Waals surface area (Å²) in [6.45, 7) is 1.79. The number of carbonyl (C=O) groups excluding carboxylic acids is 4. The number of rotatable bonds is 6. The van der Waals surface area contributed by atoms with Gasteiger partial charge >= 0.3 is 11.6 Å². The summed E-state index contributed by atoms with van der Waals surface area (Å²) in [6, 6.07) is 14.6. The Labute approximate surface area is 193 Å². The van der Waals surface area contributed by atoms with Crippen LogP contribution in [0, 0.1) is 6.92 Å². The van der Waals surface area contributed by atoms with Crippen LogP contribution in [0.4, 0.5) is 0 Å². The predicted molar refractivity (Wildman–Crippen MR) is 119 cm³/mol. The quantitative estimate of drug-likeness (QED) is 0.422. The smallest absolute Gasteiger partial charge is 0.350 e. The van der Waals surface area contributed by atoms with Crippen molar-refractivity contribution in [3.63, 3.8) is 0 Å². The Morgan fingerprint density at radius 3 is 2.09 bits per heavy atom. The summed E-state index contributed by atoms with van der Waals surface area (Å²) in [4.78, 5) is 52.3. The molecule has 168 valence electrons. The first-order valence-electron chi connectivity index (χ1n) is 9.70. The Bertz CT molecular complexity index is 1340. The molecule has 0 saturated heterocycles. The van der Waals surface area contributed by atoms with Gasteiger partial charge in [0.25, 0.3) is 5.91 Å². The maximum Gasteiger partial charge on any atom is 0.350 e. The fraction of sp³-hybridized carbons (Fsp3) is 0.130. The van der Waals surface area contributed by atoms with Crippen molar-refractivity contribution in [2.45, 2.75) is 17.4 Å². The number of hydrogen-bond acceptors (Lipinski definition) is 8. The van der Waals surface area contributed by atoms with Crippen molar-refractivity contribution in [1.82, 2.24) is 5.32 Å². The number of nitrogens with one attached hydrogen (secondary N) is 1. The molecule has 1 amide bonds. The topological polar surface area (TPSA) is 124 Å². The minimum Gasteiger partial charge on any atom is -0.427 e. The monoisotopic (exact) mass is 483 g/mol. The van der Waals surface area contributed by atoms with Crippen LogP contribution in [0.1, 0.15) is 36.0 Å². The van der Waals surface area contributed by atoms with Gasteiger partial charge in [0, 0.05) is 11.1 Å². The number of fused-ring (bicyclic) bond motifs is 1. The van der Waals surface area contributed by atoms with Crippen LogP contribution in [0.5, 0.6) is 0 Å². The summed E-state index contributed by atoms with van der Waals surface area (Å²) >= 11 is 1.00. The first-order valence-corrected chi connectivity index (χ1v) is 12.2. The van der Waals surface area contributed by atoms with E-state index in [9.17, 15) is 27.6 Å². The molecule has 2 aromatic carbocycles. The number of aryl methyl sites for hydroxylation is 1. The zero-order valence-corrected chi connectivity index (χ0v) is 18.9. The molecule has 1 aliphatic carbocycles. The van der Waals surface area contributed by atoms with Crippen molar-refractivity contribution >= 4 is 44.6 Å². The van der Waals surface area contributed by atoms with Crippen LogP contribution in [-0.4, -0.2) is 43.3 Å². The number of sulfone groups is 1. The van der Waals surface area contributed by atoms with E-state index < -0.39 is 44.8 Å². The molecule has 33 heavy (non-hydrogen) atoms. The fourth-order valence-corrected chi connectivity index (χ4v) is 5.04. The number of amides is 1. The summed E-state index contributed by atoms with van der Waals surface area (Å²) in [5.74, 6) is -5.33. The van der Waals surface area contributed by atoms with Gasteiger partial charge in [0.2, 0.25) is 11.6 Å². The van der Waals surface area contributed by atoms with E-state index >= 15 is 0 Å². The van der Waals surface area contributed by atoms with Crippen LogP contribution >= 0.6 is 11.3 Å². The zero-order valence-electron chi connectivity index (χ0n) is 17.2. The largest absolute Gasteiger partial charge is 0.427 e. The Morgan fingerprint density at radius 2 is 1.55 bits per heavy atom. The lowest BCUT2D eigenvalue weighted by atomic mass is 9.96. The van der Waals surface area contributed by atoms with E-state index in [0.29, 0.717) is 0 Å². The van der Waals surface area contributed by atoms with E-state index in [-0.39, 0.29) is 20.9 Å². The number of carbonyl (C=O) groups is 4. The third-order valence-electron chi connectivity index (χ3n) is 5.15. The molecule has 4 rings (SSSR count). The second-order valence-corrected chi connectivity index (χ2v) is 10.3. The number of Topliss-reactive ketones (excluding diaryl/α,β-unsaturated/α-hetero) is 2. The van der Waals surface area contributed by atoms with Gasteiger partial charge in [-0.15, -0.1) is 11.3 Å². The molecule has 0 spiro atoms. The molecule has 1 aliphatic rings. The predicted octanol–water partition coefficient (Wildman–Crippen LogP) is 2.58. The van der Waals surface area contributed by atoms with E-state index in [4.69, 9.17) is 4.74 Å². The second kappa shape index (κ2) is 8.38. The van der Waals surface area contributed by atoms with Crippen molar-refractivity contribution in [1.29, 1.82) is 0 Å². The molecule has 0 aliphatic heterocycles. The summed E-state index contributed by atoms with van der Waals surface area (Å²) in [6.07, 6.45) is 0. The average Bonchev–Trinajstić information content (AvgIpc) is 3.41. The van der Waals surface area contributed by atoms with Gasteiger partial charge in [-0.1, -0.05) is 48.0 Å². The van der Waals surface area contributed by atoms with Crippen LogP contribution in [-0.2, 0) is 19.4 Å². The zero-order chi connectivity index (χ0) is 23.8. The van der Waals surface area contributed by atoms with Crippen LogP contribution in [0.15, 0.2) is 70.9 Å². The lowest BCUT2D eigenvalue weighted by Crippen LogP contribution is -2.58. The molecule has 0 bridgehead atoms. The van der Waals surface area contributed by atoms with Gasteiger partial charge in [-0.05, 0) is 30.5 Å². The number of ether oxygens (including phenoxy) is 1. The SMILES string of the molecule is Cc1ccc(S(=O)(=O)CNC(=O)C2(OC(=O)c3cccs3)C(=O)c3ccccc3C2=O)cc1. The number of benzene rings is 2. The molecular formula is C23H17NO7S2. The molecule has 10 heteroatoms. The second-order valence-electron chi connectivity index (χ2n) is 7.33. The Kier molecular flexibility index (Phi) is 5.73. The Balaban J connectivity index is 1.67. The van der Waals surface area contributed by atoms with E-state index in [1.54, 1.807) is 30.5 Å². The molecule has 1 heterocycles. The van der Waals surface area contributed by atoms with Crippen molar-refractivity contribution in [3.8, 4) is 0 Å². The minimum atomic E-state index is -4.00. The summed E-state index contributed by atoms with van der Waals surface area (Å²) in [5.41, 5.74) is -2.18. The number of hydrogen-bond donors (Lipinski definition) is 1. The average molecular weight is 484 g/mol. The summed E-state index contributed by atoms with van der Waals surface area (Å²) in [5, 5.41) is 3.71. The number of esters is 1. The molecule has 1 N–H and O–H groups in total. The van der Waals surface area contributed by atoms with E-state index in [0.717, 1.165) is 16.9 Å². The number of thiophene rings is 1. The molecule has 0 radical (unpaired) electrons. The lowest BCUT2D eigenvalue weighted by Gasteiger charge is -2.24. The Hall–Kier alpha value is -3.63. The van der Waals surface area contributed by atoms with Gasteiger partial charge in [-0.2, -0.15) is 0 Å². The van der Waals surface area contributed by atoms with Gasteiger partial charge < -0.3 is 10.1 Å². The van der Waals surface area contributed by atoms with E-state index in [2.05, 4.69) is 5.32 Å². The van der Waals surface area contributed by atoms with Crippen molar-refractivity contribution in [2.75, 3.05) is 5.88 Å². The number of ketones is 2. The van der Waals surface area contributed by atoms with Crippen LogP contribution in [0.25, 0.3) is 0 Å². The summed E-state index contributed by atoms with van der Waals surface area (Å²) in [7, 11) is -4.00. The van der Waals surface area contributed by atoms with E-state index in [1.807, 2.05) is 0 Å². The molecule has 3 aromatic rings. The van der Waals surface area contributed by atoms with Gasteiger partial charge in [0.05, 0.1) is 4.90 Å².